The highest BCUT2D eigenvalue weighted by Gasteiger charge is 2.35. The summed E-state index contributed by atoms with van der Waals surface area (Å²) in [6.07, 6.45) is 3.04. The van der Waals surface area contributed by atoms with Gasteiger partial charge in [0.25, 0.3) is 5.91 Å². The minimum atomic E-state index is -0.382. The Kier molecular flexibility index (Phi) is 6.24. The van der Waals surface area contributed by atoms with Gasteiger partial charge in [0.1, 0.15) is 5.82 Å². The molecule has 0 saturated carbocycles. The van der Waals surface area contributed by atoms with Crippen molar-refractivity contribution in [2.75, 3.05) is 13.1 Å². The first-order valence-electron chi connectivity index (χ1n) is 9.51. The average Bonchev–Trinajstić information content (AvgIpc) is 2.71. The van der Waals surface area contributed by atoms with Crippen LogP contribution in [0.3, 0.4) is 0 Å². The molecular weight excluding hydrogens is 355 g/mol. The van der Waals surface area contributed by atoms with Gasteiger partial charge in [-0.2, -0.15) is 0 Å². The lowest BCUT2D eigenvalue weighted by Gasteiger charge is -2.39. The predicted molar refractivity (Wildman–Crippen MR) is 107 cm³/mol. The lowest BCUT2D eigenvalue weighted by atomic mass is 9.87. The van der Waals surface area contributed by atoms with Crippen LogP contribution in [-0.2, 0) is 4.79 Å². The molecule has 1 aliphatic heterocycles. The number of benzene rings is 2. The van der Waals surface area contributed by atoms with Gasteiger partial charge in [-0.3, -0.25) is 9.59 Å². The van der Waals surface area contributed by atoms with Crippen molar-refractivity contribution in [1.82, 2.24) is 10.2 Å². The maximum atomic E-state index is 13.3. The summed E-state index contributed by atoms with van der Waals surface area (Å²) in [5.74, 6) is -0.912. The van der Waals surface area contributed by atoms with Crippen LogP contribution in [0.2, 0.25) is 0 Å². The molecule has 3 rings (SSSR count). The third-order valence-corrected chi connectivity index (χ3v) is 5.15. The van der Waals surface area contributed by atoms with Crippen LogP contribution in [0.25, 0.3) is 0 Å². The largest absolute Gasteiger partial charge is 0.352 e. The van der Waals surface area contributed by atoms with Crippen molar-refractivity contribution in [3.8, 4) is 0 Å². The summed E-state index contributed by atoms with van der Waals surface area (Å²) in [4.78, 5) is 27.4. The first kappa shape index (κ1) is 19.8. The highest BCUT2D eigenvalue weighted by Crippen LogP contribution is 2.35. The minimum absolute atomic E-state index is 0.0699. The fourth-order valence-corrected chi connectivity index (χ4v) is 3.71. The van der Waals surface area contributed by atoms with E-state index in [0.717, 1.165) is 11.1 Å². The Morgan fingerprint density at radius 2 is 1.96 bits per heavy atom. The summed E-state index contributed by atoms with van der Waals surface area (Å²) in [5, 5.41) is 2.83. The number of likely N-dealkylation sites (tertiary alicyclic amines) is 1. The van der Waals surface area contributed by atoms with Crippen LogP contribution in [0.4, 0.5) is 4.39 Å². The van der Waals surface area contributed by atoms with Crippen molar-refractivity contribution in [3.05, 3.63) is 83.7 Å². The van der Waals surface area contributed by atoms with Crippen LogP contribution in [0, 0.1) is 18.7 Å². The molecule has 0 spiro atoms. The molecule has 1 heterocycles. The van der Waals surface area contributed by atoms with Gasteiger partial charge in [-0.15, -0.1) is 6.58 Å². The fraction of sp³-hybridized carbons (Fsp3) is 0.304. The van der Waals surface area contributed by atoms with E-state index in [9.17, 15) is 14.0 Å². The number of carbonyl (C=O) groups is 2. The molecule has 0 aliphatic carbocycles. The summed E-state index contributed by atoms with van der Waals surface area (Å²) >= 11 is 0. The van der Waals surface area contributed by atoms with Crippen molar-refractivity contribution < 1.29 is 14.0 Å². The number of hydrogen-bond donors (Lipinski definition) is 1. The summed E-state index contributed by atoms with van der Waals surface area (Å²) < 4.78 is 13.3. The Labute approximate surface area is 165 Å². The van der Waals surface area contributed by atoms with Crippen LogP contribution in [0.15, 0.2) is 61.2 Å². The SMILES string of the molecule is C=CCNC(=O)[C@H]1CC[C@H](c2cccc(C)c2)N(C(=O)c2ccc(F)cc2)C1. The van der Waals surface area contributed by atoms with Crippen LogP contribution in [-0.4, -0.2) is 29.8 Å². The molecule has 0 unspecified atom stereocenters. The van der Waals surface area contributed by atoms with Gasteiger partial charge in [0, 0.05) is 18.7 Å². The van der Waals surface area contributed by atoms with Crippen LogP contribution in [0.5, 0.6) is 0 Å². The Morgan fingerprint density at radius 1 is 1.21 bits per heavy atom. The summed E-state index contributed by atoms with van der Waals surface area (Å²) in [6, 6.07) is 13.5. The standard InChI is InChI=1S/C23H25FN2O2/c1-3-13-25-22(27)19-9-12-21(18-6-4-5-16(2)14-18)26(15-19)23(28)17-7-10-20(24)11-8-17/h3-8,10-11,14,19,21H,1,9,12-13,15H2,2H3,(H,25,27)/t19-,21+/m0/s1. The molecule has 1 fully saturated rings. The number of amides is 2. The van der Waals surface area contributed by atoms with E-state index in [-0.39, 0.29) is 29.6 Å². The van der Waals surface area contributed by atoms with Gasteiger partial charge in [-0.25, -0.2) is 4.39 Å². The zero-order chi connectivity index (χ0) is 20.1. The van der Waals surface area contributed by atoms with Gasteiger partial charge in [0.2, 0.25) is 5.91 Å². The van der Waals surface area contributed by atoms with Crippen LogP contribution < -0.4 is 5.32 Å². The molecule has 146 valence electrons. The van der Waals surface area contributed by atoms with Crippen molar-refractivity contribution in [2.45, 2.75) is 25.8 Å². The van der Waals surface area contributed by atoms with Gasteiger partial charge in [-0.1, -0.05) is 35.9 Å². The average molecular weight is 380 g/mol. The predicted octanol–water partition coefficient (Wildman–Crippen LogP) is 4.03. The van der Waals surface area contributed by atoms with Gasteiger partial charge in [0.05, 0.1) is 12.0 Å². The second kappa shape index (κ2) is 8.83. The lowest BCUT2D eigenvalue weighted by molar-refractivity contribution is -0.126. The van der Waals surface area contributed by atoms with E-state index < -0.39 is 0 Å². The van der Waals surface area contributed by atoms with Crippen molar-refractivity contribution in [2.24, 2.45) is 5.92 Å². The molecule has 4 nitrogen and oxygen atoms in total. The molecular formula is C23H25FN2O2. The Bertz CT molecular complexity index is 863. The molecule has 2 aromatic carbocycles. The summed E-state index contributed by atoms with van der Waals surface area (Å²) in [7, 11) is 0. The Hall–Kier alpha value is -2.95. The smallest absolute Gasteiger partial charge is 0.254 e. The zero-order valence-corrected chi connectivity index (χ0v) is 16.0. The monoisotopic (exact) mass is 380 g/mol. The first-order valence-corrected chi connectivity index (χ1v) is 9.51. The van der Waals surface area contributed by atoms with Crippen LogP contribution >= 0.6 is 0 Å². The van der Waals surface area contributed by atoms with E-state index in [1.807, 2.05) is 25.1 Å². The maximum absolute atomic E-state index is 13.3. The number of piperidine rings is 1. The molecule has 28 heavy (non-hydrogen) atoms. The van der Waals surface area contributed by atoms with Gasteiger partial charge in [-0.05, 0) is 49.6 Å². The number of aryl methyl sites for hydroxylation is 1. The van der Waals surface area contributed by atoms with Crippen LogP contribution in [0.1, 0.15) is 40.4 Å². The van der Waals surface area contributed by atoms with E-state index in [1.165, 1.54) is 24.3 Å². The molecule has 1 aliphatic rings. The zero-order valence-electron chi connectivity index (χ0n) is 16.0. The third kappa shape index (κ3) is 4.47. The lowest BCUT2D eigenvalue weighted by Crippen LogP contribution is -2.47. The minimum Gasteiger partial charge on any atom is -0.352 e. The number of nitrogens with zero attached hydrogens (tertiary/aromatic N) is 1. The molecule has 5 heteroatoms. The molecule has 2 amide bonds. The van der Waals surface area contributed by atoms with E-state index in [0.29, 0.717) is 31.5 Å². The van der Waals surface area contributed by atoms with Gasteiger partial charge >= 0.3 is 0 Å². The van der Waals surface area contributed by atoms with Crippen molar-refractivity contribution in [3.63, 3.8) is 0 Å². The summed E-state index contributed by atoms with van der Waals surface area (Å²) in [5.41, 5.74) is 2.60. The number of nitrogens with one attached hydrogen (secondary N) is 1. The Morgan fingerprint density at radius 3 is 2.64 bits per heavy atom. The van der Waals surface area contributed by atoms with Gasteiger partial charge in [0.15, 0.2) is 0 Å². The molecule has 0 aromatic heterocycles. The van der Waals surface area contributed by atoms with Crippen molar-refractivity contribution >= 4 is 11.8 Å². The quantitative estimate of drug-likeness (QED) is 0.796. The van der Waals surface area contributed by atoms with Crippen molar-refractivity contribution in [1.29, 1.82) is 0 Å². The summed E-state index contributed by atoms with van der Waals surface area (Å²) in [6.45, 7) is 6.37. The Balaban J connectivity index is 1.89. The third-order valence-electron chi connectivity index (χ3n) is 5.15. The number of halogens is 1. The van der Waals surface area contributed by atoms with E-state index in [1.54, 1.807) is 11.0 Å². The molecule has 1 saturated heterocycles. The van der Waals surface area contributed by atoms with Gasteiger partial charge < -0.3 is 10.2 Å². The van der Waals surface area contributed by atoms with E-state index >= 15 is 0 Å². The molecule has 0 radical (unpaired) electrons. The van der Waals surface area contributed by atoms with E-state index in [2.05, 4.69) is 18.0 Å². The number of hydrogen-bond acceptors (Lipinski definition) is 2. The highest BCUT2D eigenvalue weighted by atomic mass is 19.1. The number of carbonyl (C=O) groups excluding carboxylic acids is 2. The number of rotatable bonds is 5. The normalized spacial score (nSPS) is 19.1. The second-order valence-corrected chi connectivity index (χ2v) is 7.20. The maximum Gasteiger partial charge on any atom is 0.254 e. The topological polar surface area (TPSA) is 49.4 Å². The second-order valence-electron chi connectivity index (χ2n) is 7.20. The van der Waals surface area contributed by atoms with E-state index in [4.69, 9.17) is 0 Å². The fourth-order valence-electron chi connectivity index (χ4n) is 3.71. The molecule has 1 N–H and O–H groups in total. The molecule has 2 aromatic rings. The molecule has 0 bridgehead atoms. The molecule has 2 atom stereocenters. The first-order chi connectivity index (χ1) is 13.5. The highest BCUT2D eigenvalue weighted by molar-refractivity contribution is 5.95.